The van der Waals surface area contributed by atoms with Crippen LogP contribution in [0.15, 0.2) is 0 Å². The van der Waals surface area contributed by atoms with Gasteiger partial charge in [0.2, 0.25) is 0 Å². The summed E-state index contributed by atoms with van der Waals surface area (Å²) in [6.45, 7) is 8.87. The van der Waals surface area contributed by atoms with E-state index in [0.29, 0.717) is 11.5 Å². The van der Waals surface area contributed by atoms with Crippen LogP contribution >= 0.6 is 0 Å². The Kier molecular flexibility index (Phi) is 6.41. The lowest BCUT2D eigenvalue weighted by Crippen LogP contribution is -2.66. The molecular weight excluding hydrogens is 185 g/mol. The predicted molar refractivity (Wildman–Crippen MR) is 46.6 cm³/mol. The van der Waals surface area contributed by atoms with E-state index in [1.54, 1.807) is 0 Å². The van der Waals surface area contributed by atoms with Crippen LogP contribution in [0.3, 0.4) is 0 Å². The minimum atomic E-state index is -6.00. The SMILES string of the molecule is CCC([NH3+])C(C)(C)C.F[B-](F)(F)F. The van der Waals surface area contributed by atoms with E-state index in [2.05, 4.69) is 33.4 Å². The molecule has 0 aliphatic carbocycles. The summed E-state index contributed by atoms with van der Waals surface area (Å²) in [5.41, 5.74) is 4.43. The molecule has 1 atom stereocenters. The van der Waals surface area contributed by atoms with Crippen molar-refractivity contribution in [2.75, 3.05) is 0 Å². The predicted octanol–water partition coefficient (Wildman–Crippen LogP) is 2.35. The van der Waals surface area contributed by atoms with Crippen LogP contribution in [-0.4, -0.2) is 13.3 Å². The van der Waals surface area contributed by atoms with Crippen molar-refractivity contribution < 1.29 is 23.0 Å². The van der Waals surface area contributed by atoms with Crippen LogP contribution in [0.5, 0.6) is 0 Å². The second-order valence-electron chi connectivity index (χ2n) is 3.97. The summed E-state index contributed by atoms with van der Waals surface area (Å²) in [4.78, 5) is 0. The monoisotopic (exact) mass is 203 g/mol. The van der Waals surface area contributed by atoms with Crippen LogP contribution in [0.1, 0.15) is 34.1 Å². The molecule has 0 spiro atoms. The van der Waals surface area contributed by atoms with E-state index in [4.69, 9.17) is 0 Å². The average Bonchev–Trinajstić information content (AvgIpc) is 1.80. The molecule has 0 fully saturated rings. The maximum atomic E-state index is 9.75. The fraction of sp³-hybridized carbons (Fsp3) is 1.00. The highest BCUT2D eigenvalue weighted by Gasteiger charge is 2.21. The summed E-state index contributed by atoms with van der Waals surface area (Å²) in [7, 11) is -6.00. The van der Waals surface area contributed by atoms with Crippen molar-refractivity contribution >= 4 is 7.25 Å². The third-order valence-electron chi connectivity index (χ3n) is 1.72. The zero-order valence-corrected chi connectivity index (χ0v) is 8.58. The number of rotatable bonds is 1. The van der Waals surface area contributed by atoms with Crippen molar-refractivity contribution in [3.05, 3.63) is 0 Å². The number of halogens is 4. The molecule has 0 saturated carbocycles. The Hall–Kier alpha value is -0.255. The summed E-state index contributed by atoms with van der Waals surface area (Å²) in [5.74, 6) is 0. The Balaban J connectivity index is 0. The fourth-order valence-corrected chi connectivity index (χ4v) is 0.612. The Morgan fingerprint density at radius 1 is 1.15 bits per heavy atom. The van der Waals surface area contributed by atoms with Crippen LogP contribution in [0.2, 0.25) is 0 Å². The summed E-state index contributed by atoms with van der Waals surface area (Å²) < 4.78 is 39.0. The third kappa shape index (κ3) is 18.6. The topological polar surface area (TPSA) is 27.6 Å². The lowest BCUT2D eigenvalue weighted by molar-refractivity contribution is -0.443. The van der Waals surface area contributed by atoms with Gasteiger partial charge in [-0.15, -0.1) is 0 Å². The smallest absolute Gasteiger partial charge is 0.418 e. The Morgan fingerprint density at radius 2 is 1.38 bits per heavy atom. The molecule has 0 amide bonds. The average molecular weight is 203 g/mol. The van der Waals surface area contributed by atoms with Gasteiger partial charge >= 0.3 is 7.25 Å². The van der Waals surface area contributed by atoms with Crippen LogP contribution in [0.4, 0.5) is 17.3 Å². The Labute approximate surface area is 76.8 Å². The quantitative estimate of drug-likeness (QED) is 0.500. The van der Waals surface area contributed by atoms with E-state index < -0.39 is 7.25 Å². The summed E-state index contributed by atoms with van der Waals surface area (Å²) in [6.07, 6.45) is 1.18. The van der Waals surface area contributed by atoms with Crippen molar-refractivity contribution in [3.8, 4) is 0 Å². The van der Waals surface area contributed by atoms with Gasteiger partial charge in [-0.1, -0.05) is 27.7 Å². The molecule has 0 aromatic carbocycles. The molecule has 0 radical (unpaired) electrons. The molecule has 0 heterocycles. The highest BCUT2D eigenvalue weighted by atomic mass is 19.5. The molecule has 3 N–H and O–H groups in total. The summed E-state index contributed by atoms with van der Waals surface area (Å²) >= 11 is 0. The van der Waals surface area contributed by atoms with Gasteiger partial charge < -0.3 is 23.0 Å². The van der Waals surface area contributed by atoms with E-state index in [1.165, 1.54) is 6.42 Å². The van der Waals surface area contributed by atoms with Gasteiger partial charge in [-0.2, -0.15) is 0 Å². The highest BCUT2D eigenvalue weighted by molar-refractivity contribution is 6.50. The van der Waals surface area contributed by atoms with E-state index in [0.717, 1.165) is 0 Å². The van der Waals surface area contributed by atoms with Crippen LogP contribution in [0, 0.1) is 5.41 Å². The van der Waals surface area contributed by atoms with Crippen molar-refractivity contribution in [3.63, 3.8) is 0 Å². The van der Waals surface area contributed by atoms with Crippen LogP contribution in [0.25, 0.3) is 0 Å². The number of hydrogen-bond donors (Lipinski definition) is 1. The summed E-state index contributed by atoms with van der Waals surface area (Å²) in [5, 5.41) is 0. The fourth-order valence-electron chi connectivity index (χ4n) is 0.612. The maximum absolute atomic E-state index is 9.75. The van der Waals surface area contributed by atoms with E-state index in [-0.39, 0.29) is 0 Å². The zero-order chi connectivity index (χ0) is 11.3. The Morgan fingerprint density at radius 3 is 1.38 bits per heavy atom. The molecule has 0 saturated heterocycles. The van der Waals surface area contributed by atoms with Crippen LogP contribution < -0.4 is 5.73 Å². The van der Waals surface area contributed by atoms with Gasteiger partial charge in [0.25, 0.3) is 0 Å². The number of quaternary nitrogens is 1. The molecule has 1 unspecified atom stereocenters. The third-order valence-corrected chi connectivity index (χ3v) is 1.72. The molecule has 0 aliphatic rings. The number of hydrogen-bond acceptors (Lipinski definition) is 0. The molecule has 0 rings (SSSR count). The van der Waals surface area contributed by atoms with Crippen molar-refractivity contribution in [1.82, 2.24) is 0 Å². The van der Waals surface area contributed by atoms with Gasteiger partial charge in [0.1, 0.15) is 0 Å². The second-order valence-corrected chi connectivity index (χ2v) is 3.97. The van der Waals surface area contributed by atoms with Gasteiger partial charge in [0.05, 0.1) is 6.04 Å². The van der Waals surface area contributed by atoms with Gasteiger partial charge in [-0.25, -0.2) is 0 Å². The standard InChI is InChI=1S/C7H17N.BF4/c1-5-6(8)7(2,3)4;2-1(3,4)5/h6H,5,8H2,1-4H3;/q;-1/p+1. The normalized spacial score (nSPS) is 14.5. The van der Waals surface area contributed by atoms with E-state index in [9.17, 15) is 17.3 Å². The molecule has 82 valence electrons. The maximum Gasteiger partial charge on any atom is 0.673 e. The lowest BCUT2D eigenvalue weighted by Gasteiger charge is -2.21. The minimum Gasteiger partial charge on any atom is -0.418 e. The Bertz CT molecular complexity index is 123. The molecule has 0 aromatic heterocycles. The first kappa shape index (κ1) is 15.2. The van der Waals surface area contributed by atoms with Crippen molar-refractivity contribution in [2.45, 2.75) is 40.2 Å². The second kappa shape index (κ2) is 5.47. The van der Waals surface area contributed by atoms with Gasteiger partial charge in [-0.3, -0.25) is 0 Å². The lowest BCUT2D eigenvalue weighted by atomic mass is 9.86. The molecular formula is C7H18BF4N. The van der Waals surface area contributed by atoms with Crippen molar-refractivity contribution in [1.29, 1.82) is 0 Å². The summed E-state index contributed by atoms with van der Waals surface area (Å²) in [6, 6.07) is 0.600. The molecule has 13 heavy (non-hydrogen) atoms. The van der Waals surface area contributed by atoms with E-state index >= 15 is 0 Å². The molecule has 6 heteroatoms. The van der Waals surface area contributed by atoms with Gasteiger partial charge in [-0.05, 0) is 6.42 Å². The molecule has 1 nitrogen and oxygen atoms in total. The first-order valence-corrected chi connectivity index (χ1v) is 4.19. The molecule has 0 aliphatic heterocycles. The first-order chi connectivity index (χ1) is 5.48. The van der Waals surface area contributed by atoms with Crippen LogP contribution in [-0.2, 0) is 0 Å². The first-order valence-electron chi connectivity index (χ1n) is 4.19. The molecule has 0 aromatic rings. The van der Waals surface area contributed by atoms with Gasteiger partial charge in [0.15, 0.2) is 0 Å². The minimum absolute atomic E-state index is 0.398. The highest BCUT2D eigenvalue weighted by Crippen LogP contribution is 2.17. The largest absolute Gasteiger partial charge is 0.673 e. The van der Waals surface area contributed by atoms with Crippen molar-refractivity contribution in [2.24, 2.45) is 5.41 Å². The molecule has 0 bridgehead atoms. The zero-order valence-electron chi connectivity index (χ0n) is 8.58. The van der Waals surface area contributed by atoms with Gasteiger partial charge in [0, 0.05) is 5.41 Å². The van der Waals surface area contributed by atoms with E-state index in [1.807, 2.05) is 0 Å².